The van der Waals surface area contributed by atoms with Crippen molar-refractivity contribution in [3.63, 3.8) is 0 Å². The van der Waals surface area contributed by atoms with Crippen LogP contribution in [-0.2, 0) is 0 Å². The van der Waals surface area contributed by atoms with Crippen LogP contribution in [0.15, 0.2) is 15.9 Å². The molecule has 0 spiro atoms. The zero-order valence-electron chi connectivity index (χ0n) is 10.4. The number of nitrogens with two attached hydrogens (primary N) is 1. The summed E-state index contributed by atoms with van der Waals surface area (Å²) in [7, 11) is 0. The van der Waals surface area contributed by atoms with E-state index < -0.39 is 0 Å². The van der Waals surface area contributed by atoms with Gasteiger partial charge in [-0.2, -0.15) is 0 Å². The molecule has 17 heavy (non-hydrogen) atoms. The van der Waals surface area contributed by atoms with Gasteiger partial charge >= 0.3 is 0 Å². The van der Waals surface area contributed by atoms with E-state index in [0.717, 1.165) is 13.0 Å². The number of rotatable bonds is 3. The Kier molecular flexibility index (Phi) is 5.03. The molecule has 0 saturated carbocycles. The quantitative estimate of drug-likeness (QED) is 0.919. The average molecular weight is 317 g/mol. The van der Waals surface area contributed by atoms with E-state index in [1.807, 2.05) is 11.3 Å². The van der Waals surface area contributed by atoms with Crippen LogP contribution in [-0.4, -0.2) is 24.0 Å². The SMILES string of the molecule is CCCN1CCCCC(N)C1c1sccc1Br. The van der Waals surface area contributed by atoms with Crippen LogP contribution in [0.5, 0.6) is 0 Å². The van der Waals surface area contributed by atoms with Gasteiger partial charge in [0.25, 0.3) is 0 Å². The Balaban J connectivity index is 2.26. The van der Waals surface area contributed by atoms with Crippen molar-refractivity contribution in [3.8, 4) is 0 Å². The van der Waals surface area contributed by atoms with Crippen LogP contribution in [0, 0.1) is 0 Å². The molecular formula is C13H21BrN2S. The highest BCUT2D eigenvalue weighted by atomic mass is 79.9. The predicted molar refractivity (Wildman–Crippen MR) is 78.5 cm³/mol. The number of nitrogens with zero attached hydrogens (tertiary/aromatic N) is 1. The third-order valence-corrected chi connectivity index (χ3v) is 5.40. The number of likely N-dealkylation sites (tertiary alicyclic amines) is 1. The summed E-state index contributed by atoms with van der Waals surface area (Å²) in [5.41, 5.74) is 6.40. The normalized spacial score (nSPS) is 27.0. The monoisotopic (exact) mass is 316 g/mol. The Labute approximate surface area is 116 Å². The maximum absolute atomic E-state index is 6.40. The van der Waals surface area contributed by atoms with Crippen molar-refractivity contribution in [1.29, 1.82) is 0 Å². The summed E-state index contributed by atoms with van der Waals surface area (Å²) in [6.07, 6.45) is 4.90. The molecule has 1 saturated heterocycles. The molecular weight excluding hydrogens is 296 g/mol. The van der Waals surface area contributed by atoms with Crippen molar-refractivity contribution < 1.29 is 0 Å². The van der Waals surface area contributed by atoms with Gasteiger partial charge in [-0.3, -0.25) is 4.90 Å². The Morgan fingerprint density at radius 1 is 1.53 bits per heavy atom. The van der Waals surface area contributed by atoms with E-state index in [1.54, 1.807) is 0 Å². The van der Waals surface area contributed by atoms with Crippen LogP contribution in [0.4, 0.5) is 0 Å². The van der Waals surface area contributed by atoms with Crippen LogP contribution in [0.25, 0.3) is 0 Å². The molecule has 1 aliphatic heterocycles. The van der Waals surface area contributed by atoms with E-state index in [4.69, 9.17) is 5.73 Å². The highest BCUT2D eigenvalue weighted by molar-refractivity contribution is 9.10. The molecule has 2 heterocycles. The maximum atomic E-state index is 6.40. The first kappa shape index (κ1) is 13.5. The van der Waals surface area contributed by atoms with E-state index in [0.29, 0.717) is 6.04 Å². The van der Waals surface area contributed by atoms with Crippen LogP contribution < -0.4 is 5.73 Å². The van der Waals surface area contributed by atoms with Crippen molar-refractivity contribution in [2.75, 3.05) is 13.1 Å². The smallest absolute Gasteiger partial charge is 0.0604 e. The molecule has 0 bridgehead atoms. The summed E-state index contributed by atoms with van der Waals surface area (Å²) in [6.45, 7) is 4.59. The molecule has 0 amide bonds. The molecule has 1 aliphatic rings. The van der Waals surface area contributed by atoms with Crippen molar-refractivity contribution in [2.24, 2.45) is 5.73 Å². The standard InChI is InChI=1S/C13H21BrN2S/c1-2-7-16-8-4-3-5-11(15)12(16)13-10(14)6-9-17-13/h6,9,11-12H,2-5,7-8,15H2,1H3. The van der Waals surface area contributed by atoms with Crippen molar-refractivity contribution in [2.45, 2.75) is 44.7 Å². The van der Waals surface area contributed by atoms with Gasteiger partial charge in [-0.25, -0.2) is 0 Å². The minimum Gasteiger partial charge on any atom is -0.326 e. The molecule has 0 radical (unpaired) electrons. The van der Waals surface area contributed by atoms with Crippen LogP contribution in [0.3, 0.4) is 0 Å². The molecule has 2 rings (SSSR count). The van der Waals surface area contributed by atoms with Crippen molar-refractivity contribution in [1.82, 2.24) is 4.90 Å². The highest BCUT2D eigenvalue weighted by Crippen LogP contribution is 2.37. The van der Waals surface area contributed by atoms with Gasteiger partial charge in [-0.1, -0.05) is 13.3 Å². The predicted octanol–water partition coefficient (Wildman–Crippen LogP) is 3.77. The zero-order chi connectivity index (χ0) is 12.3. The van der Waals surface area contributed by atoms with E-state index in [-0.39, 0.29) is 6.04 Å². The molecule has 2 N–H and O–H groups in total. The summed E-state index contributed by atoms with van der Waals surface area (Å²) < 4.78 is 1.23. The fraction of sp³-hybridized carbons (Fsp3) is 0.692. The van der Waals surface area contributed by atoms with Gasteiger partial charge in [0.15, 0.2) is 0 Å². The minimum atomic E-state index is 0.277. The Bertz CT molecular complexity index is 353. The molecule has 2 nitrogen and oxygen atoms in total. The van der Waals surface area contributed by atoms with Crippen LogP contribution >= 0.6 is 27.3 Å². The van der Waals surface area contributed by atoms with E-state index in [2.05, 4.69) is 39.2 Å². The van der Waals surface area contributed by atoms with Gasteiger partial charge in [-0.05, 0) is 59.7 Å². The molecule has 2 unspecified atom stereocenters. The third kappa shape index (κ3) is 3.11. The van der Waals surface area contributed by atoms with Gasteiger partial charge in [0.05, 0.1) is 6.04 Å². The van der Waals surface area contributed by atoms with Crippen molar-refractivity contribution >= 4 is 27.3 Å². The van der Waals surface area contributed by atoms with E-state index in [9.17, 15) is 0 Å². The maximum Gasteiger partial charge on any atom is 0.0604 e. The first-order valence-corrected chi connectivity index (χ1v) is 8.13. The lowest BCUT2D eigenvalue weighted by molar-refractivity contribution is 0.188. The van der Waals surface area contributed by atoms with Crippen LogP contribution in [0.1, 0.15) is 43.5 Å². The zero-order valence-corrected chi connectivity index (χ0v) is 12.8. The summed E-state index contributed by atoms with van der Waals surface area (Å²) in [4.78, 5) is 3.99. The topological polar surface area (TPSA) is 29.3 Å². The molecule has 1 aromatic rings. The molecule has 1 aromatic heterocycles. The lowest BCUT2D eigenvalue weighted by atomic mass is 10.0. The molecule has 4 heteroatoms. The summed E-state index contributed by atoms with van der Waals surface area (Å²) in [5, 5.41) is 2.15. The van der Waals surface area contributed by atoms with Crippen LogP contribution in [0.2, 0.25) is 0 Å². The summed E-state index contributed by atoms with van der Waals surface area (Å²) in [5.74, 6) is 0. The third-order valence-electron chi connectivity index (χ3n) is 3.46. The lowest BCUT2D eigenvalue weighted by Gasteiger charge is -2.32. The second-order valence-corrected chi connectivity index (χ2v) is 6.58. The Hall–Kier alpha value is 0.100. The first-order chi connectivity index (χ1) is 8.24. The molecule has 0 aliphatic carbocycles. The summed E-state index contributed by atoms with van der Waals surface area (Å²) in [6, 6.07) is 2.83. The summed E-state index contributed by atoms with van der Waals surface area (Å²) >= 11 is 5.49. The van der Waals surface area contributed by atoms with Gasteiger partial charge < -0.3 is 5.73 Å². The fourth-order valence-corrected chi connectivity index (χ4v) is 4.49. The van der Waals surface area contributed by atoms with E-state index in [1.165, 1.54) is 35.2 Å². The second kappa shape index (κ2) is 6.32. The molecule has 2 atom stereocenters. The Morgan fingerprint density at radius 2 is 2.35 bits per heavy atom. The van der Waals surface area contributed by atoms with E-state index >= 15 is 0 Å². The van der Waals surface area contributed by atoms with Gasteiger partial charge in [0.2, 0.25) is 0 Å². The first-order valence-electron chi connectivity index (χ1n) is 6.46. The fourth-order valence-electron chi connectivity index (χ4n) is 2.68. The highest BCUT2D eigenvalue weighted by Gasteiger charge is 2.30. The Morgan fingerprint density at radius 3 is 3.00 bits per heavy atom. The molecule has 96 valence electrons. The van der Waals surface area contributed by atoms with Crippen molar-refractivity contribution in [3.05, 3.63) is 20.8 Å². The molecule has 1 fully saturated rings. The van der Waals surface area contributed by atoms with Gasteiger partial charge in [0, 0.05) is 15.4 Å². The number of hydrogen-bond acceptors (Lipinski definition) is 3. The largest absolute Gasteiger partial charge is 0.326 e. The number of thiophene rings is 1. The molecule has 0 aromatic carbocycles. The number of halogens is 1. The average Bonchev–Trinajstić information content (AvgIpc) is 2.63. The minimum absolute atomic E-state index is 0.277. The number of hydrogen-bond donors (Lipinski definition) is 1. The van der Waals surface area contributed by atoms with Gasteiger partial charge in [-0.15, -0.1) is 11.3 Å². The lowest BCUT2D eigenvalue weighted by Crippen LogP contribution is -2.39. The van der Waals surface area contributed by atoms with Gasteiger partial charge in [0.1, 0.15) is 0 Å². The second-order valence-electron chi connectivity index (χ2n) is 4.77.